The second-order valence-corrected chi connectivity index (χ2v) is 6.37. The molecule has 0 radical (unpaired) electrons. The molecule has 0 spiro atoms. The lowest BCUT2D eigenvalue weighted by atomic mass is 10.1. The highest BCUT2D eigenvalue weighted by atomic mass is 19.1. The first-order valence-electron chi connectivity index (χ1n) is 8.36. The molecule has 0 saturated carbocycles. The summed E-state index contributed by atoms with van der Waals surface area (Å²) in [4.78, 5) is 23.9. The summed E-state index contributed by atoms with van der Waals surface area (Å²) in [5.41, 5.74) is 1.91. The molecule has 0 aliphatic carbocycles. The van der Waals surface area contributed by atoms with Crippen molar-refractivity contribution in [3.05, 3.63) is 65.5 Å². The van der Waals surface area contributed by atoms with Gasteiger partial charge in [-0.3, -0.25) is 9.59 Å². The number of nitrogens with one attached hydrogen (secondary N) is 2. The molecular weight excluding hydrogens is 319 g/mol. The van der Waals surface area contributed by atoms with Crippen molar-refractivity contribution in [2.24, 2.45) is 5.92 Å². The van der Waals surface area contributed by atoms with Gasteiger partial charge in [0.2, 0.25) is 5.91 Å². The van der Waals surface area contributed by atoms with Crippen LogP contribution >= 0.6 is 0 Å². The number of amides is 2. The highest BCUT2D eigenvalue weighted by Crippen LogP contribution is 2.13. The Bertz CT molecular complexity index is 727. The van der Waals surface area contributed by atoms with Crippen LogP contribution in [0.3, 0.4) is 0 Å². The van der Waals surface area contributed by atoms with Crippen molar-refractivity contribution < 1.29 is 14.0 Å². The molecule has 0 fully saturated rings. The van der Waals surface area contributed by atoms with Crippen molar-refractivity contribution in [1.82, 2.24) is 5.32 Å². The molecule has 0 bridgehead atoms. The summed E-state index contributed by atoms with van der Waals surface area (Å²) in [7, 11) is 0. The van der Waals surface area contributed by atoms with E-state index in [4.69, 9.17) is 0 Å². The number of carbonyl (C=O) groups is 2. The zero-order chi connectivity index (χ0) is 18.2. The highest BCUT2D eigenvalue weighted by Gasteiger charge is 2.07. The van der Waals surface area contributed by atoms with Gasteiger partial charge in [0, 0.05) is 24.2 Å². The van der Waals surface area contributed by atoms with Crippen LogP contribution < -0.4 is 10.6 Å². The Kier molecular flexibility index (Phi) is 6.69. The van der Waals surface area contributed by atoms with Crippen molar-refractivity contribution in [2.75, 3.05) is 5.32 Å². The van der Waals surface area contributed by atoms with Crippen molar-refractivity contribution >= 4 is 17.5 Å². The van der Waals surface area contributed by atoms with Gasteiger partial charge in [-0.1, -0.05) is 26.0 Å². The van der Waals surface area contributed by atoms with Crippen LogP contribution in [-0.4, -0.2) is 11.8 Å². The van der Waals surface area contributed by atoms with Crippen molar-refractivity contribution in [3.8, 4) is 0 Å². The summed E-state index contributed by atoms with van der Waals surface area (Å²) < 4.78 is 12.9. The first-order chi connectivity index (χ1) is 11.9. The van der Waals surface area contributed by atoms with Crippen LogP contribution in [0.1, 0.15) is 42.6 Å². The van der Waals surface area contributed by atoms with E-state index >= 15 is 0 Å². The molecule has 0 unspecified atom stereocenters. The van der Waals surface area contributed by atoms with Gasteiger partial charge in [0.05, 0.1) is 0 Å². The lowest BCUT2D eigenvalue weighted by Crippen LogP contribution is -2.23. The fourth-order valence-corrected chi connectivity index (χ4v) is 2.27. The van der Waals surface area contributed by atoms with Gasteiger partial charge in [-0.25, -0.2) is 4.39 Å². The van der Waals surface area contributed by atoms with Crippen LogP contribution in [0.4, 0.5) is 10.1 Å². The van der Waals surface area contributed by atoms with Gasteiger partial charge in [-0.2, -0.15) is 0 Å². The molecule has 0 atom stereocenters. The second kappa shape index (κ2) is 8.97. The molecule has 4 nitrogen and oxygen atoms in total. The molecule has 0 saturated heterocycles. The predicted molar refractivity (Wildman–Crippen MR) is 96.7 cm³/mol. The minimum Gasteiger partial charge on any atom is -0.352 e. The van der Waals surface area contributed by atoms with E-state index in [9.17, 15) is 14.0 Å². The summed E-state index contributed by atoms with van der Waals surface area (Å²) in [5.74, 6) is -0.171. The smallest absolute Gasteiger partial charge is 0.255 e. The van der Waals surface area contributed by atoms with Gasteiger partial charge in [0.15, 0.2) is 0 Å². The fourth-order valence-electron chi connectivity index (χ4n) is 2.27. The SMILES string of the molecule is CC(C)CCC(=O)NCc1cccc(NC(=O)c2ccc(F)cc2)c1. The molecule has 0 aliphatic heterocycles. The first-order valence-corrected chi connectivity index (χ1v) is 8.36. The Hall–Kier alpha value is -2.69. The number of hydrogen-bond donors (Lipinski definition) is 2. The third-order valence-corrected chi connectivity index (χ3v) is 3.73. The van der Waals surface area contributed by atoms with Crippen molar-refractivity contribution in [3.63, 3.8) is 0 Å². The minimum atomic E-state index is -0.383. The summed E-state index contributed by atoms with van der Waals surface area (Å²) in [5, 5.41) is 5.65. The number of benzene rings is 2. The zero-order valence-electron chi connectivity index (χ0n) is 14.5. The largest absolute Gasteiger partial charge is 0.352 e. The minimum absolute atomic E-state index is 0.0226. The molecule has 2 N–H and O–H groups in total. The summed E-state index contributed by atoms with van der Waals surface area (Å²) in [6.07, 6.45) is 1.37. The molecule has 2 rings (SSSR count). The average Bonchev–Trinajstić information content (AvgIpc) is 2.59. The fraction of sp³-hybridized carbons (Fsp3) is 0.300. The third-order valence-electron chi connectivity index (χ3n) is 3.73. The molecule has 2 amide bonds. The van der Waals surface area contributed by atoms with E-state index in [0.29, 0.717) is 30.1 Å². The standard InChI is InChI=1S/C20H23FN2O2/c1-14(2)6-11-19(24)22-13-15-4-3-5-18(12-15)23-20(25)16-7-9-17(21)10-8-16/h3-5,7-10,12,14H,6,11,13H2,1-2H3,(H,22,24)(H,23,25). The van der Waals surface area contributed by atoms with E-state index in [1.807, 2.05) is 18.2 Å². The maximum atomic E-state index is 12.9. The van der Waals surface area contributed by atoms with Crippen molar-refractivity contribution in [1.29, 1.82) is 0 Å². The highest BCUT2D eigenvalue weighted by molar-refractivity contribution is 6.04. The molecule has 132 valence electrons. The molecule has 0 heterocycles. The van der Waals surface area contributed by atoms with Crippen LogP contribution in [0.25, 0.3) is 0 Å². The maximum absolute atomic E-state index is 12.9. The monoisotopic (exact) mass is 342 g/mol. The number of carbonyl (C=O) groups excluding carboxylic acids is 2. The molecule has 25 heavy (non-hydrogen) atoms. The summed E-state index contributed by atoms with van der Waals surface area (Å²) in [6.45, 7) is 4.58. The lowest BCUT2D eigenvalue weighted by Gasteiger charge is -2.09. The Labute approximate surface area is 147 Å². The first kappa shape index (κ1) is 18.6. The van der Waals surface area contributed by atoms with Crippen LogP contribution in [0, 0.1) is 11.7 Å². The Morgan fingerprint density at radius 1 is 1.08 bits per heavy atom. The van der Waals surface area contributed by atoms with E-state index in [2.05, 4.69) is 24.5 Å². The van der Waals surface area contributed by atoms with Gasteiger partial charge >= 0.3 is 0 Å². The Balaban J connectivity index is 1.91. The van der Waals surface area contributed by atoms with E-state index in [1.54, 1.807) is 6.07 Å². The lowest BCUT2D eigenvalue weighted by molar-refractivity contribution is -0.121. The number of anilines is 1. The van der Waals surface area contributed by atoms with Gasteiger partial charge < -0.3 is 10.6 Å². The topological polar surface area (TPSA) is 58.2 Å². The van der Waals surface area contributed by atoms with Crippen molar-refractivity contribution in [2.45, 2.75) is 33.2 Å². The molecular formula is C20H23FN2O2. The summed E-state index contributed by atoms with van der Waals surface area (Å²) >= 11 is 0. The predicted octanol–water partition coefficient (Wildman–Crippen LogP) is 4.13. The zero-order valence-corrected chi connectivity index (χ0v) is 14.5. The Morgan fingerprint density at radius 2 is 1.80 bits per heavy atom. The average molecular weight is 342 g/mol. The summed E-state index contributed by atoms with van der Waals surface area (Å²) in [6, 6.07) is 12.6. The van der Waals surface area contributed by atoms with E-state index in [1.165, 1.54) is 24.3 Å². The second-order valence-electron chi connectivity index (χ2n) is 6.37. The van der Waals surface area contributed by atoms with E-state index < -0.39 is 0 Å². The molecule has 0 aromatic heterocycles. The van der Waals surface area contributed by atoms with Crippen LogP contribution in [-0.2, 0) is 11.3 Å². The maximum Gasteiger partial charge on any atom is 0.255 e. The van der Waals surface area contributed by atoms with Crippen LogP contribution in [0.2, 0.25) is 0 Å². The quantitative estimate of drug-likeness (QED) is 0.795. The number of hydrogen-bond acceptors (Lipinski definition) is 2. The molecule has 2 aromatic carbocycles. The van der Waals surface area contributed by atoms with E-state index in [-0.39, 0.29) is 17.6 Å². The molecule has 5 heteroatoms. The Morgan fingerprint density at radius 3 is 2.48 bits per heavy atom. The third kappa shape index (κ3) is 6.37. The van der Waals surface area contributed by atoms with Gasteiger partial charge in [-0.05, 0) is 54.3 Å². The van der Waals surface area contributed by atoms with E-state index in [0.717, 1.165) is 12.0 Å². The van der Waals surface area contributed by atoms with Crippen LogP contribution in [0.15, 0.2) is 48.5 Å². The van der Waals surface area contributed by atoms with Gasteiger partial charge in [-0.15, -0.1) is 0 Å². The molecule has 2 aromatic rings. The molecule has 0 aliphatic rings. The van der Waals surface area contributed by atoms with Gasteiger partial charge in [0.25, 0.3) is 5.91 Å². The van der Waals surface area contributed by atoms with Gasteiger partial charge in [0.1, 0.15) is 5.82 Å². The van der Waals surface area contributed by atoms with Crippen LogP contribution in [0.5, 0.6) is 0 Å². The number of halogens is 1. The number of rotatable bonds is 7. The normalized spacial score (nSPS) is 10.6.